The number of hydrogen-bond donors (Lipinski definition) is 3. The normalized spacial score (nSPS) is 12.4. The van der Waals surface area contributed by atoms with Gasteiger partial charge in [0, 0.05) is 36.0 Å². The number of hydrogen-bond acceptors (Lipinski definition) is 18. The molecule has 0 aliphatic carbocycles. The number of esters is 2. The van der Waals surface area contributed by atoms with Crippen LogP contribution < -0.4 is 21.1 Å². The Balaban J connectivity index is 1.48. The Kier molecular flexibility index (Phi) is 19.6. The second-order valence-electron chi connectivity index (χ2n) is 17.9. The van der Waals surface area contributed by atoms with Gasteiger partial charge < -0.3 is 54.3 Å². The van der Waals surface area contributed by atoms with Crippen molar-refractivity contribution in [2.75, 3.05) is 46.1 Å². The number of carbonyl (C=O) groups excluding carboxylic acids is 6. The molecule has 4 aromatic rings. The van der Waals surface area contributed by atoms with Crippen LogP contribution in [0.2, 0.25) is 5.02 Å². The van der Waals surface area contributed by atoms with Gasteiger partial charge in [-0.25, -0.2) is 29.1 Å². The van der Waals surface area contributed by atoms with Crippen LogP contribution in [0, 0.1) is 22.7 Å². The van der Waals surface area contributed by atoms with Crippen molar-refractivity contribution in [3.63, 3.8) is 0 Å². The molecule has 378 valence electrons. The number of nitrogens with zero attached hydrogens (tertiary/aromatic N) is 6. The van der Waals surface area contributed by atoms with E-state index in [1.807, 2.05) is 6.07 Å². The van der Waals surface area contributed by atoms with Crippen LogP contribution in [0.15, 0.2) is 64.2 Å². The molecule has 2 aromatic heterocycles. The van der Waals surface area contributed by atoms with Crippen molar-refractivity contribution in [3.8, 4) is 40.5 Å². The molecule has 4 amide bonds. The van der Waals surface area contributed by atoms with Crippen LogP contribution in [0.5, 0.6) is 5.75 Å². The number of ether oxygens (including phenoxy) is 5. The molecule has 2 heterocycles. The number of nitrogens with two attached hydrogens (primary N) is 1. The summed E-state index contributed by atoms with van der Waals surface area (Å²) in [5.41, 5.74) is 6.62. The van der Waals surface area contributed by atoms with Crippen molar-refractivity contribution in [1.29, 1.82) is 10.5 Å². The predicted octanol–water partition coefficient (Wildman–Crippen LogP) is 6.25. The number of nitrogens with one attached hydrogen (secondary N) is 2. The maximum Gasteiger partial charge on any atom is 0.410 e. The van der Waals surface area contributed by atoms with E-state index in [1.54, 1.807) is 77.9 Å². The molecule has 0 aliphatic rings. The first-order valence-electron chi connectivity index (χ1n) is 21.8. The quantitative estimate of drug-likeness (QED) is 0.0531. The topological polar surface area (TPSA) is 292 Å². The molecule has 23 heteroatoms. The van der Waals surface area contributed by atoms with E-state index in [2.05, 4.69) is 26.7 Å². The van der Waals surface area contributed by atoms with Gasteiger partial charge in [-0.3, -0.25) is 9.59 Å². The number of halogens is 1. The van der Waals surface area contributed by atoms with Crippen LogP contribution in [0.4, 0.5) is 15.4 Å². The van der Waals surface area contributed by atoms with Crippen LogP contribution >= 0.6 is 23.4 Å². The zero-order valence-electron chi connectivity index (χ0n) is 40.9. The van der Waals surface area contributed by atoms with Crippen molar-refractivity contribution in [2.45, 2.75) is 95.6 Å². The Bertz CT molecular complexity index is 2650. The summed E-state index contributed by atoms with van der Waals surface area (Å²) in [6, 6.07) is 14.9. The van der Waals surface area contributed by atoms with Crippen LogP contribution in [-0.4, -0.2) is 125 Å². The van der Waals surface area contributed by atoms with E-state index >= 15 is 0 Å². The molecule has 2 aromatic carbocycles. The highest BCUT2D eigenvalue weighted by Gasteiger charge is 2.29. The Morgan fingerprint density at radius 1 is 0.775 bits per heavy atom. The third kappa shape index (κ3) is 17.4. The summed E-state index contributed by atoms with van der Waals surface area (Å²) in [5.74, 6) is -2.54. The minimum absolute atomic E-state index is 0.0296. The summed E-state index contributed by atoms with van der Waals surface area (Å²) >= 11 is 7.18. The molecule has 3 atom stereocenters. The number of nitrogen functional groups attached to an aromatic ring is 1. The minimum Gasteiger partial charge on any atom is -0.490 e. The lowest BCUT2D eigenvalue weighted by Gasteiger charge is -2.25. The highest BCUT2D eigenvalue weighted by Crippen LogP contribution is 2.37. The third-order valence-corrected chi connectivity index (χ3v) is 10.6. The number of aromatic nitrogens is 2. The fraction of sp³-hybridized carbons (Fsp3) is 0.417. The van der Waals surface area contributed by atoms with Gasteiger partial charge >= 0.3 is 24.1 Å². The number of thioether (sulfide) groups is 1. The van der Waals surface area contributed by atoms with Gasteiger partial charge in [0.25, 0.3) is 0 Å². The number of likely N-dealkylation sites (N-methyl/N-ethyl adjacent to an activating group) is 2. The van der Waals surface area contributed by atoms with Crippen LogP contribution in [0.1, 0.15) is 72.2 Å². The molecule has 0 aliphatic heterocycles. The Labute approximate surface area is 420 Å². The number of amides is 4. The monoisotopic (exact) mass is 1020 g/mol. The Morgan fingerprint density at radius 2 is 1.30 bits per heavy atom. The molecule has 0 spiro atoms. The molecule has 0 saturated carbocycles. The number of rotatable bonds is 19. The molecule has 4 N–H and O–H groups in total. The average Bonchev–Trinajstić information content (AvgIpc) is 3.76. The lowest BCUT2D eigenvalue weighted by atomic mass is 9.97. The highest BCUT2D eigenvalue weighted by molar-refractivity contribution is 7.98. The molecule has 0 fully saturated rings. The summed E-state index contributed by atoms with van der Waals surface area (Å²) in [7, 11) is 2.70. The molecule has 0 radical (unpaired) electrons. The molecule has 21 nitrogen and oxygen atoms in total. The molecular weight excluding hydrogens is 962 g/mol. The molecule has 71 heavy (non-hydrogen) atoms. The number of carbonyl (C=O) groups is 6. The van der Waals surface area contributed by atoms with Crippen molar-refractivity contribution >= 4 is 65.1 Å². The Hall–Kier alpha value is -7.56. The standard InChI is InChI=1S/C48H56ClN9O12S/c1-27(53-37(59)21-57(9)45(63)69-47(3,4)5)43(61)67-25-34(68-44(62)28(2)54-38(60)22-58(10)46(64)70-48(6,7)8)24-65-33-17-13-29(14-18-33)39-35(19-50)40(52)56-42(36(39)20-51)71-26-32-23-66-41(55-32)30-11-15-31(49)16-12-30/h11-18,23,27-28,34H,21-22,24-26H2,1-10H3,(H2,52,56)(H,53,59)(H,54,60)/t27-,28-,34-/m0/s1. The van der Waals surface area contributed by atoms with E-state index in [1.165, 1.54) is 58.1 Å². The first kappa shape index (κ1) is 56.0. The summed E-state index contributed by atoms with van der Waals surface area (Å²) < 4.78 is 33.2. The smallest absolute Gasteiger partial charge is 0.410 e. The number of pyridine rings is 1. The lowest BCUT2D eigenvalue weighted by molar-refractivity contribution is -0.163. The molecule has 0 bridgehead atoms. The number of benzene rings is 2. The van der Waals surface area contributed by atoms with E-state index in [4.69, 9.17) is 45.4 Å². The summed E-state index contributed by atoms with van der Waals surface area (Å²) in [5, 5.41) is 26.2. The molecule has 4 rings (SSSR count). The zero-order valence-corrected chi connectivity index (χ0v) is 42.5. The van der Waals surface area contributed by atoms with Gasteiger partial charge in [-0.05, 0) is 97.4 Å². The van der Waals surface area contributed by atoms with E-state index in [-0.39, 0.29) is 39.0 Å². The van der Waals surface area contributed by atoms with Crippen LogP contribution in [0.3, 0.4) is 0 Å². The fourth-order valence-electron chi connectivity index (χ4n) is 5.95. The number of nitriles is 2. The van der Waals surface area contributed by atoms with E-state index in [0.717, 1.165) is 9.80 Å². The van der Waals surface area contributed by atoms with Crippen molar-refractivity contribution in [1.82, 2.24) is 30.4 Å². The van der Waals surface area contributed by atoms with E-state index in [0.29, 0.717) is 27.7 Å². The van der Waals surface area contributed by atoms with Crippen LogP contribution in [-0.2, 0) is 43.9 Å². The van der Waals surface area contributed by atoms with Gasteiger partial charge in [-0.15, -0.1) is 0 Å². The maximum atomic E-state index is 13.3. The zero-order chi connectivity index (χ0) is 52.8. The third-order valence-electron chi connectivity index (χ3n) is 9.32. The average molecular weight is 1020 g/mol. The largest absolute Gasteiger partial charge is 0.490 e. The Morgan fingerprint density at radius 3 is 1.82 bits per heavy atom. The summed E-state index contributed by atoms with van der Waals surface area (Å²) in [6.07, 6.45) is -1.32. The predicted molar refractivity (Wildman–Crippen MR) is 259 cm³/mol. The summed E-state index contributed by atoms with van der Waals surface area (Å²) in [6.45, 7) is 10.8. The number of anilines is 1. The van der Waals surface area contributed by atoms with Crippen molar-refractivity contribution in [3.05, 3.63) is 76.6 Å². The van der Waals surface area contributed by atoms with Gasteiger partial charge in [0.05, 0.1) is 11.3 Å². The maximum absolute atomic E-state index is 13.3. The minimum atomic E-state index is -1.29. The van der Waals surface area contributed by atoms with Crippen molar-refractivity contribution < 1.29 is 56.9 Å². The van der Waals surface area contributed by atoms with Gasteiger partial charge in [0.1, 0.15) is 90.1 Å². The molecule has 0 unspecified atom stereocenters. The SMILES string of the molecule is C[C@H](NC(=O)CN(C)C(=O)OC(C)(C)C)C(=O)OC[C@H](COc1ccc(-c2c(C#N)c(N)nc(SCc3coc(-c4ccc(Cl)cc4)n3)c2C#N)cc1)OC(=O)[C@H](C)NC(=O)CN(C)C(=O)OC(C)(C)C. The fourth-order valence-corrected chi connectivity index (χ4v) is 6.95. The molecule has 0 saturated heterocycles. The summed E-state index contributed by atoms with van der Waals surface area (Å²) in [4.78, 5) is 87.5. The number of oxazole rings is 1. The van der Waals surface area contributed by atoms with Crippen molar-refractivity contribution in [2.24, 2.45) is 0 Å². The first-order valence-corrected chi connectivity index (χ1v) is 23.2. The van der Waals surface area contributed by atoms with Gasteiger partial charge in [0.15, 0.2) is 6.10 Å². The van der Waals surface area contributed by atoms with Gasteiger partial charge in [-0.1, -0.05) is 35.5 Å². The van der Waals surface area contributed by atoms with Gasteiger partial charge in [0.2, 0.25) is 17.7 Å². The molecular formula is C48H56ClN9O12S. The van der Waals surface area contributed by atoms with Gasteiger partial charge in [-0.2, -0.15) is 10.5 Å². The second kappa shape index (κ2) is 24.8. The second-order valence-corrected chi connectivity index (χ2v) is 19.3. The lowest BCUT2D eigenvalue weighted by Crippen LogP contribution is -2.48. The van der Waals surface area contributed by atoms with E-state index < -0.39 is 91.6 Å². The highest BCUT2D eigenvalue weighted by atomic mass is 35.5. The first-order chi connectivity index (χ1) is 33.3. The van der Waals surface area contributed by atoms with Crippen LogP contribution in [0.25, 0.3) is 22.6 Å². The van der Waals surface area contributed by atoms with E-state index in [9.17, 15) is 39.3 Å².